The molecule has 0 bridgehead atoms. The van der Waals surface area contributed by atoms with Crippen LogP contribution in [0.15, 0.2) is 6.07 Å². The van der Waals surface area contributed by atoms with E-state index in [1.54, 1.807) is 0 Å². The van der Waals surface area contributed by atoms with E-state index in [-0.39, 0.29) is 5.82 Å². The lowest BCUT2D eigenvalue weighted by molar-refractivity contribution is 0.0844. The Hall–Kier alpha value is -1.29. The van der Waals surface area contributed by atoms with Gasteiger partial charge in [-0.15, -0.1) is 0 Å². The molecule has 1 aromatic heterocycles. The molecule has 80 valence electrons. The van der Waals surface area contributed by atoms with Gasteiger partial charge in [0.15, 0.2) is 12.1 Å². The number of hydrogen-bond donors (Lipinski definition) is 0. The third kappa shape index (κ3) is 2.39. The van der Waals surface area contributed by atoms with Crippen LogP contribution < -0.4 is 0 Å². The van der Waals surface area contributed by atoms with Crippen molar-refractivity contribution >= 4 is 6.29 Å². The van der Waals surface area contributed by atoms with E-state index in [1.807, 2.05) is 13.0 Å². The Bertz CT molecular complexity index is 360. The van der Waals surface area contributed by atoms with Gasteiger partial charge in [-0.3, -0.25) is 4.79 Å². The van der Waals surface area contributed by atoms with E-state index in [0.29, 0.717) is 12.2 Å². The zero-order valence-corrected chi connectivity index (χ0v) is 8.77. The molecule has 0 aliphatic carbocycles. The van der Waals surface area contributed by atoms with E-state index in [1.165, 1.54) is 0 Å². The third-order valence-corrected chi connectivity index (χ3v) is 2.64. The van der Waals surface area contributed by atoms with Crippen molar-refractivity contribution < 1.29 is 9.53 Å². The minimum absolute atomic E-state index is 0.288. The zero-order chi connectivity index (χ0) is 10.7. The summed E-state index contributed by atoms with van der Waals surface area (Å²) in [6.07, 6.45) is 2.67. The van der Waals surface area contributed by atoms with Crippen molar-refractivity contribution in [3.05, 3.63) is 23.3 Å². The molecule has 0 amide bonds. The number of aldehydes is 1. The van der Waals surface area contributed by atoms with Crippen LogP contribution in [0.25, 0.3) is 0 Å². The van der Waals surface area contributed by atoms with Crippen LogP contribution >= 0.6 is 0 Å². The molecule has 1 saturated heterocycles. The molecule has 4 nitrogen and oxygen atoms in total. The first-order chi connectivity index (χ1) is 7.29. The zero-order valence-electron chi connectivity index (χ0n) is 8.77. The smallest absolute Gasteiger partial charge is 0.193 e. The highest BCUT2D eigenvalue weighted by atomic mass is 16.5. The molecule has 1 fully saturated rings. The van der Waals surface area contributed by atoms with E-state index in [0.717, 1.165) is 37.4 Å². The molecule has 0 unspecified atom stereocenters. The number of rotatable bonds is 2. The van der Waals surface area contributed by atoms with Gasteiger partial charge in [0.05, 0.1) is 0 Å². The quantitative estimate of drug-likeness (QED) is 0.688. The molecule has 1 aromatic rings. The Morgan fingerprint density at radius 3 is 2.80 bits per heavy atom. The van der Waals surface area contributed by atoms with E-state index in [4.69, 9.17) is 4.74 Å². The predicted molar refractivity (Wildman–Crippen MR) is 55.0 cm³/mol. The lowest BCUT2D eigenvalue weighted by Gasteiger charge is -2.21. The van der Waals surface area contributed by atoms with Crippen LogP contribution in [0.4, 0.5) is 0 Å². The summed E-state index contributed by atoms with van der Waals surface area (Å²) in [7, 11) is 0. The average Bonchev–Trinajstić information content (AvgIpc) is 2.29. The van der Waals surface area contributed by atoms with Gasteiger partial charge in [0.25, 0.3) is 0 Å². The number of carbonyl (C=O) groups is 1. The lowest BCUT2D eigenvalue weighted by Crippen LogP contribution is -2.16. The van der Waals surface area contributed by atoms with Gasteiger partial charge in [-0.05, 0) is 25.8 Å². The fourth-order valence-electron chi connectivity index (χ4n) is 1.87. The van der Waals surface area contributed by atoms with Crippen molar-refractivity contribution in [3.8, 4) is 0 Å². The SMILES string of the molecule is Cc1cc(C2CCOCC2)nc(C=O)n1. The van der Waals surface area contributed by atoms with Crippen molar-refractivity contribution in [2.45, 2.75) is 25.7 Å². The summed E-state index contributed by atoms with van der Waals surface area (Å²) >= 11 is 0. The number of hydrogen-bond acceptors (Lipinski definition) is 4. The molecular weight excluding hydrogens is 192 g/mol. The van der Waals surface area contributed by atoms with Crippen molar-refractivity contribution in [2.75, 3.05) is 13.2 Å². The molecule has 0 aromatic carbocycles. The van der Waals surface area contributed by atoms with Crippen LogP contribution in [0.2, 0.25) is 0 Å². The summed E-state index contributed by atoms with van der Waals surface area (Å²) < 4.78 is 5.30. The van der Waals surface area contributed by atoms with Gasteiger partial charge in [-0.25, -0.2) is 9.97 Å². The topological polar surface area (TPSA) is 52.1 Å². The van der Waals surface area contributed by atoms with Crippen LogP contribution in [-0.4, -0.2) is 29.5 Å². The monoisotopic (exact) mass is 206 g/mol. The molecule has 1 aliphatic rings. The van der Waals surface area contributed by atoms with Crippen molar-refractivity contribution in [3.63, 3.8) is 0 Å². The molecule has 0 saturated carbocycles. The van der Waals surface area contributed by atoms with Crippen molar-refractivity contribution in [1.29, 1.82) is 0 Å². The highest BCUT2D eigenvalue weighted by molar-refractivity contribution is 5.68. The Balaban J connectivity index is 2.25. The molecule has 0 atom stereocenters. The standard InChI is InChI=1S/C11H14N2O2/c1-8-6-10(13-11(7-14)12-8)9-2-4-15-5-3-9/h6-7,9H,2-5H2,1H3. The summed E-state index contributed by atoms with van der Waals surface area (Å²) in [5, 5.41) is 0. The van der Waals surface area contributed by atoms with E-state index >= 15 is 0 Å². The first kappa shape index (κ1) is 10.2. The Morgan fingerprint density at radius 2 is 2.13 bits per heavy atom. The Kier molecular flexibility index (Phi) is 3.06. The summed E-state index contributed by atoms with van der Waals surface area (Å²) in [6.45, 7) is 3.45. The third-order valence-electron chi connectivity index (χ3n) is 2.64. The van der Waals surface area contributed by atoms with Gasteiger partial charge in [0.1, 0.15) is 0 Å². The van der Waals surface area contributed by atoms with Gasteiger partial charge in [-0.2, -0.15) is 0 Å². The minimum atomic E-state index is 0.288. The second-order valence-electron chi connectivity index (χ2n) is 3.80. The van der Waals surface area contributed by atoms with E-state index < -0.39 is 0 Å². The molecule has 2 rings (SSSR count). The van der Waals surface area contributed by atoms with E-state index in [9.17, 15) is 4.79 Å². The number of aryl methyl sites for hydroxylation is 1. The highest BCUT2D eigenvalue weighted by Gasteiger charge is 2.18. The fourth-order valence-corrected chi connectivity index (χ4v) is 1.87. The molecular formula is C11H14N2O2. The number of nitrogens with zero attached hydrogens (tertiary/aromatic N) is 2. The largest absolute Gasteiger partial charge is 0.381 e. The first-order valence-electron chi connectivity index (χ1n) is 5.18. The van der Waals surface area contributed by atoms with Crippen molar-refractivity contribution in [2.24, 2.45) is 0 Å². The van der Waals surface area contributed by atoms with Crippen LogP contribution in [0.3, 0.4) is 0 Å². The average molecular weight is 206 g/mol. The van der Waals surface area contributed by atoms with E-state index in [2.05, 4.69) is 9.97 Å². The molecule has 4 heteroatoms. The lowest BCUT2D eigenvalue weighted by atomic mass is 9.96. The second-order valence-corrected chi connectivity index (χ2v) is 3.80. The van der Waals surface area contributed by atoms with Gasteiger partial charge in [0.2, 0.25) is 0 Å². The Morgan fingerprint density at radius 1 is 1.40 bits per heavy atom. The normalized spacial score (nSPS) is 17.7. The van der Waals surface area contributed by atoms with Gasteiger partial charge in [0, 0.05) is 30.5 Å². The molecule has 2 heterocycles. The van der Waals surface area contributed by atoms with Gasteiger partial charge < -0.3 is 4.74 Å². The summed E-state index contributed by atoms with van der Waals surface area (Å²) in [4.78, 5) is 18.9. The Labute approximate surface area is 88.7 Å². The number of carbonyl (C=O) groups excluding carboxylic acids is 1. The molecule has 0 spiro atoms. The van der Waals surface area contributed by atoms with Crippen LogP contribution in [0, 0.1) is 6.92 Å². The summed E-state index contributed by atoms with van der Waals surface area (Å²) in [5.41, 5.74) is 1.83. The number of ether oxygens (including phenoxy) is 1. The summed E-state index contributed by atoms with van der Waals surface area (Å²) in [6, 6.07) is 1.96. The van der Waals surface area contributed by atoms with Gasteiger partial charge in [-0.1, -0.05) is 0 Å². The molecule has 15 heavy (non-hydrogen) atoms. The first-order valence-corrected chi connectivity index (χ1v) is 5.18. The second kappa shape index (κ2) is 4.49. The molecule has 0 radical (unpaired) electrons. The van der Waals surface area contributed by atoms with Gasteiger partial charge >= 0.3 is 0 Å². The fraction of sp³-hybridized carbons (Fsp3) is 0.545. The van der Waals surface area contributed by atoms with Crippen LogP contribution in [-0.2, 0) is 4.74 Å². The summed E-state index contributed by atoms with van der Waals surface area (Å²) in [5.74, 6) is 0.704. The molecule has 1 aliphatic heterocycles. The minimum Gasteiger partial charge on any atom is -0.381 e. The van der Waals surface area contributed by atoms with Crippen molar-refractivity contribution in [1.82, 2.24) is 9.97 Å². The number of aromatic nitrogens is 2. The maximum Gasteiger partial charge on any atom is 0.193 e. The highest BCUT2D eigenvalue weighted by Crippen LogP contribution is 2.25. The maximum absolute atomic E-state index is 10.6. The van der Waals surface area contributed by atoms with Crippen LogP contribution in [0.1, 0.15) is 40.8 Å². The predicted octanol–water partition coefficient (Wildman–Crippen LogP) is 1.49. The molecule has 0 N–H and O–H groups in total. The maximum atomic E-state index is 10.6. The van der Waals surface area contributed by atoms with Crippen LogP contribution in [0.5, 0.6) is 0 Å².